The van der Waals surface area contributed by atoms with E-state index in [0.717, 1.165) is 0 Å². The molecule has 0 amide bonds. The largest absolute Gasteiger partial charge is 0.0999 e. The van der Waals surface area contributed by atoms with Crippen molar-refractivity contribution in [1.29, 1.82) is 0 Å². The average Bonchev–Trinajstić information content (AvgIpc) is 2.58. The molecule has 0 spiro atoms. The Bertz CT molecular complexity index is 410. The predicted molar refractivity (Wildman–Crippen MR) is 121 cm³/mol. The molecule has 0 bridgehead atoms. The number of hydrogen-bond acceptors (Lipinski definition) is 0. The third-order valence-corrected chi connectivity index (χ3v) is 4.31. The Kier molecular flexibility index (Phi) is 18.9. The van der Waals surface area contributed by atoms with Gasteiger partial charge in [-0.3, -0.25) is 0 Å². The molecule has 0 radical (unpaired) electrons. The lowest BCUT2D eigenvalue weighted by molar-refractivity contribution is 0.500. The Morgan fingerprint density at radius 3 is 1.68 bits per heavy atom. The minimum atomic E-state index is 0.186. The summed E-state index contributed by atoms with van der Waals surface area (Å²) in [5.74, 6) is 1.21. The van der Waals surface area contributed by atoms with Crippen LogP contribution in [0.5, 0.6) is 0 Å². The van der Waals surface area contributed by atoms with Gasteiger partial charge in [0.1, 0.15) is 0 Å². The highest BCUT2D eigenvalue weighted by atomic mass is 14.2. The molecule has 0 heterocycles. The highest BCUT2D eigenvalue weighted by molar-refractivity contribution is 5.34. The van der Waals surface area contributed by atoms with Crippen molar-refractivity contribution in [3.05, 3.63) is 47.6 Å². The lowest BCUT2D eigenvalue weighted by Gasteiger charge is -2.23. The minimum absolute atomic E-state index is 0.186. The van der Waals surface area contributed by atoms with Crippen molar-refractivity contribution < 1.29 is 0 Å². The molecule has 0 N–H and O–H groups in total. The van der Waals surface area contributed by atoms with E-state index in [4.69, 9.17) is 0 Å². The molecule has 0 nitrogen and oxygen atoms in total. The quantitative estimate of drug-likeness (QED) is 0.318. The van der Waals surface area contributed by atoms with E-state index in [1.165, 1.54) is 29.6 Å². The van der Waals surface area contributed by atoms with Gasteiger partial charge in [-0.05, 0) is 62.0 Å². The van der Waals surface area contributed by atoms with Crippen LogP contribution in [0, 0.1) is 17.3 Å². The smallest absolute Gasteiger partial charge is 0.0132 e. The summed E-state index contributed by atoms with van der Waals surface area (Å²) in [6.45, 7) is 29.9. The fourth-order valence-electron chi connectivity index (χ4n) is 2.30. The Balaban J connectivity index is -0.00000112. The van der Waals surface area contributed by atoms with E-state index < -0.39 is 0 Å². The Hall–Kier alpha value is -1.04. The summed E-state index contributed by atoms with van der Waals surface area (Å²) in [6, 6.07) is 0. The molecule has 0 aromatic heterocycles. The van der Waals surface area contributed by atoms with E-state index in [-0.39, 0.29) is 5.41 Å². The summed E-state index contributed by atoms with van der Waals surface area (Å²) in [7, 11) is 0. The number of allylic oxidation sites excluding steroid dienone is 7. The van der Waals surface area contributed by atoms with E-state index >= 15 is 0 Å². The molecule has 0 aromatic rings. The molecule has 0 aliphatic heterocycles. The maximum atomic E-state index is 4.07. The highest BCUT2D eigenvalue weighted by Gasteiger charge is 2.16. The van der Waals surface area contributed by atoms with E-state index in [0.29, 0.717) is 11.8 Å². The topological polar surface area (TPSA) is 0 Å². The number of hydrogen-bond donors (Lipinski definition) is 0. The van der Waals surface area contributed by atoms with Crippen LogP contribution in [-0.4, -0.2) is 0 Å². The molecule has 0 aliphatic rings. The van der Waals surface area contributed by atoms with Crippen LogP contribution in [0.3, 0.4) is 0 Å². The van der Waals surface area contributed by atoms with Crippen LogP contribution >= 0.6 is 0 Å². The third-order valence-electron chi connectivity index (χ3n) is 4.31. The lowest BCUT2D eigenvalue weighted by Crippen LogP contribution is -2.09. The molecule has 2 unspecified atom stereocenters. The zero-order valence-electron chi connectivity index (χ0n) is 19.6. The van der Waals surface area contributed by atoms with Crippen LogP contribution in [0.2, 0.25) is 0 Å². The van der Waals surface area contributed by atoms with Crippen LogP contribution in [0.4, 0.5) is 0 Å². The van der Waals surface area contributed by atoms with Gasteiger partial charge in [0.2, 0.25) is 0 Å². The van der Waals surface area contributed by atoms with Crippen molar-refractivity contribution in [1.82, 2.24) is 0 Å². The van der Waals surface area contributed by atoms with Crippen LogP contribution in [0.15, 0.2) is 47.6 Å². The van der Waals surface area contributed by atoms with Crippen molar-refractivity contribution in [2.24, 2.45) is 17.3 Å². The summed E-state index contributed by atoms with van der Waals surface area (Å²) in [5.41, 5.74) is 4.33. The summed E-state index contributed by atoms with van der Waals surface area (Å²) in [4.78, 5) is 0. The summed E-state index contributed by atoms with van der Waals surface area (Å²) in [6.07, 6.45) is 11.5. The zero-order valence-corrected chi connectivity index (χ0v) is 19.6. The molecular formula is C25H48. The van der Waals surface area contributed by atoms with E-state index in [1.807, 2.05) is 27.7 Å². The molecule has 0 aliphatic carbocycles. The van der Waals surface area contributed by atoms with E-state index in [2.05, 4.69) is 86.3 Å². The van der Waals surface area contributed by atoms with Gasteiger partial charge in [-0.25, -0.2) is 0 Å². The van der Waals surface area contributed by atoms with Crippen molar-refractivity contribution >= 4 is 0 Å². The molecular weight excluding hydrogens is 300 g/mol. The van der Waals surface area contributed by atoms with Crippen LogP contribution in [-0.2, 0) is 0 Å². The van der Waals surface area contributed by atoms with E-state index in [9.17, 15) is 0 Å². The van der Waals surface area contributed by atoms with Gasteiger partial charge in [-0.15, -0.1) is 0 Å². The van der Waals surface area contributed by atoms with Crippen molar-refractivity contribution in [2.45, 2.75) is 95.9 Å². The van der Waals surface area contributed by atoms with Gasteiger partial charge in [-0.1, -0.05) is 98.8 Å². The molecule has 25 heavy (non-hydrogen) atoms. The molecule has 0 fully saturated rings. The first-order valence-electron chi connectivity index (χ1n) is 10.3. The first kappa shape index (κ1) is 28.8. The standard InChI is InChI=1S/C21H36.2C2H6/c1-10-12-20(21(7,8)9)15-19(11-2)18(6)14-13-17(5)16(3)4;2*1-2/h10-12,15,17-18H,3,13-14H2,1-2,4-9H3;2*1-2H3/b12-10-,19-11-,20-15+;;. The van der Waals surface area contributed by atoms with Gasteiger partial charge in [0.15, 0.2) is 0 Å². The fraction of sp³-hybridized carbons (Fsp3) is 0.680. The van der Waals surface area contributed by atoms with Gasteiger partial charge in [0, 0.05) is 0 Å². The highest BCUT2D eigenvalue weighted by Crippen LogP contribution is 2.30. The zero-order chi connectivity index (χ0) is 20.6. The summed E-state index contributed by atoms with van der Waals surface area (Å²) in [5, 5.41) is 0. The molecule has 2 atom stereocenters. The van der Waals surface area contributed by atoms with Gasteiger partial charge < -0.3 is 0 Å². The normalized spacial score (nSPS) is 14.9. The molecule has 148 valence electrons. The van der Waals surface area contributed by atoms with Crippen molar-refractivity contribution in [3.8, 4) is 0 Å². The maximum Gasteiger partial charge on any atom is -0.0132 e. The second kappa shape index (κ2) is 16.4. The van der Waals surface area contributed by atoms with Crippen molar-refractivity contribution in [2.75, 3.05) is 0 Å². The average molecular weight is 349 g/mol. The molecule has 0 rings (SSSR count). The van der Waals surface area contributed by atoms with Gasteiger partial charge in [0.05, 0.1) is 0 Å². The fourth-order valence-corrected chi connectivity index (χ4v) is 2.30. The number of rotatable bonds is 7. The molecule has 0 saturated heterocycles. The van der Waals surface area contributed by atoms with Crippen LogP contribution < -0.4 is 0 Å². The lowest BCUT2D eigenvalue weighted by atomic mass is 9.82. The second-order valence-corrected chi connectivity index (χ2v) is 7.36. The monoisotopic (exact) mass is 348 g/mol. The van der Waals surface area contributed by atoms with Crippen LogP contribution in [0.1, 0.15) is 95.9 Å². The van der Waals surface area contributed by atoms with E-state index in [1.54, 1.807) is 0 Å². The molecule has 0 aromatic carbocycles. The van der Waals surface area contributed by atoms with Gasteiger partial charge >= 0.3 is 0 Å². The van der Waals surface area contributed by atoms with Gasteiger partial charge in [0.25, 0.3) is 0 Å². The molecule has 0 saturated carbocycles. The van der Waals surface area contributed by atoms with Crippen molar-refractivity contribution in [3.63, 3.8) is 0 Å². The Morgan fingerprint density at radius 1 is 0.920 bits per heavy atom. The second-order valence-electron chi connectivity index (χ2n) is 7.36. The summed E-state index contributed by atoms with van der Waals surface area (Å²) < 4.78 is 0. The minimum Gasteiger partial charge on any atom is -0.0999 e. The summed E-state index contributed by atoms with van der Waals surface area (Å²) >= 11 is 0. The van der Waals surface area contributed by atoms with Gasteiger partial charge in [-0.2, -0.15) is 0 Å². The maximum absolute atomic E-state index is 4.07. The Morgan fingerprint density at radius 2 is 1.36 bits per heavy atom. The predicted octanol–water partition coefficient (Wildman–Crippen LogP) is 9.16. The third kappa shape index (κ3) is 13.9. The first-order chi connectivity index (χ1) is 11.6. The SMILES string of the molecule is C=C(C)C(C)CCC(C)C(=C\C)/C=C(\C=C/C)C(C)(C)C.CC.CC. The van der Waals surface area contributed by atoms with Crippen LogP contribution in [0.25, 0.3) is 0 Å². The molecule has 0 heteroatoms. The Labute approximate surface area is 161 Å². The first-order valence-corrected chi connectivity index (χ1v) is 10.3.